The van der Waals surface area contributed by atoms with Crippen LogP contribution in [-0.4, -0.2) is 30.6 Å². The zero-order valence-electron chi connectivity index (χ0n) is 17.4. The maximum Gasteiger partial charge on any atom is 0.416 e. The summed E-state index contributed by atoms with van der Waals surface area (Å²) in [7, 11) is 1.35. The molecule has 1 saturated heterocycles. The number of methoxy groups -OCH3 is 1. The highest BCUT2D eigenvalue weighted by Gasteiger charge is 2.40. The van der Waals surface area contributed by atoms with Crippen molar-refractivity contribution in [3.8, 4) is 0 Å². The van der Waals surface area contributed by atoms with Gasteiger partial charge in [-0.05, 0) is 61.1 Å². The van der Waals surface area contributed by atoms with Crippen LogP contribution < -0.4 is 0 Å². The summed E-state index contributed by atoms with van der Waals surface area (Å²) in [6, 6.07) is 14.0. The van der Waals surface area contributed by atoms with Gasteiger partial charge in [-0.25, -0.2) is 4.79 Å². The highest BCUT2D eigenvalue weighted by Crippen LogP contribution is 2.40. The largest absolute Gasteiger partial charge is 0.466 e. The van der Waals surface area contributed by atoms with E-state index in [1.807, 2.05) is 31.2 Å². The fourth-order valence-electron chi connectivity index (χ4n) is 3.65. The van der Waals surface area contributed by atoms with E-state index in [2.05, 4.69) is 16.6 Å². The molecule has 0 bridgehead atoms. The lowest BCUT2D eigenvalue weighted by molar-refractivity contribution is -0.137. The number of hydrogen-bond acceptors (Lipinski definition) is 3. The summed E-state index contributed by atoms with van der Waals surface area (Å²) in [5.41, 5.74) is 3.14. The van der Waals surface area contributed by atoms with Gasteiger partial charge in [0.15, 0.2) is 0 Å². The summed E-state index contributed by atoms with van der Waals surface area (Å²) < 4.78 is 43.5. The lowest BCUT2D eigenvalue weighted by Crippen LogP contribution is -2.16. The van der Waals surface area contributed by atoms with E-state index >= 15 is 0 Å². The molecule has 1 heterocycles. The zero-order chi connectivity index (χ0) is 21.9. The van der Waals surface area contributed by atoms with E-state index in [0.717, 1.165) is 42.2 Å². The van der Waals surface area contributed by atoms with Crippen LogP contribution in [0.1, 0.15) is 48.6 Å². The van der Waals surface area contributed by atoms with Gasteiger partial charge in [0.1, 0.15) is 0 Å². The monoisotopic (exact) mass is 417 g/mol. The van der Waals surface area contributed by atoms with Gasteiger partial charge in [-0.1, -0.05) is 36.4 Å². The average molecular weight is 417 g/mol. The van der Waals surface area contributed by atoms with Gasteiger partial charge in [0.05, 0.1) is 12.7 Å². The van der Waals surface area contributed by atoms with Crippen molar-refractivity contribution in [1.82, 2.24) is 4.90 Å². The third-order valence-electron chi connectivity index (χ3n) is 5.61. The Bertz CT molecular complexity index is 919. The van der Waals surface area contributed by atoms with Crippen LogP contribution >= 0.6 is 0 Å². The number of carbonyl (C=O) groups excluding carboxylic acids is 1. The Labute approximate surface area is 175 Å². The fraction of sp³-hybridized carbons (Fsp3) is 0.375. The number of hydrogen-bond donors (Lipinski definition) is 0. The number of aryl methyl sites for hydroxylation is 1. The number of nitrogens with zero attached hydrogens (tertiary/aromatic N) is 1. The van der Waals surface area contributed by atoms with Gasteiger partial charge in [0.25, 0.3) is 0 Å². The first-order valence-electron chi connectivity index (χ1n) is 9.97. The Balaban J connectivity index is 1.54. The molecule has 0 spiro atoms. The molecule has 1 aliphatic heterocycles. The molecule has 0 amide bonds. The lowest BCUT2D eigenvalue weighted by Gasteiger charge is -2.15. The van der Waals surface area contributed by atoms with Crippen molar-refractivity contribution in [3.63, 3.8) is 0 Å². The zero-order valence-corrected chi connectivity index (χ0v) is 17.4. The van der Waals surface area contributed by atoms with Gasteiger partial charge < -0.3 is 4.74 Å². The Morgan fingerprint density at radius 3 is 2.57 bits per heavy atom. The van der Waals surface area contributed by atoms with Crippen LogP contribution in [0.5, 0.6) is 0 Å². The number of benzene rings is 2. The summed E-state index contributed by atoms with van der Waals surface area (Å²) >= 11 is 0. The van der Waals surface area contributed by atoms with Crippen LogP contribution in [0.15, 0.2) is 54.6 Å². The smallest absolute Gasteiger partial charge is 0.416 e. The molecule has 160 valence electrons. The number of carbonyl (C=O) groups is 1. The summed E-state index contributed by atoms with van der Waals surface area (Å²) in [6.07, 6.45) is -1.04. The fourth-order valence-corrected chi connectivity index (χ4v) is 3.65. The van der Waals surface area contributed by atoms with Gasteiger partial charge in [-0.3, -0.25) is 4.90 Å². The Hall–Kier alpha value is -2.60. The van der Waals surface area contributed by atoms with Crippen molar-refractivity contribution >= 4 is 11.5 Å². The summed E-state index contributed by atoms with van der Waals surface area (Å²) in [6.45, 7) is 4.77. The van der Waals surface area contributed by atoms with Gasteiger partial charge >= 0.3 is 12.1 Å². The summed E-state index contributed by atoms with van der Waals surface area (Å²) in [5.74, 6) is -0.376. The Morgan fingerprint density at radius 2 is 1.93 bits per heavy atom. The van der Waals surface area contributed by atoms with Gasteiger partial charge in [-0.2, -0.15) is 13.2 Å². The maximum atomic E-state index is 12.9. The minimum atomic E-state index is -4.31. The highest BCUT2D eigenvalue weighted by atomic mass is 19.4. The number of halogens is 3. The molecule has 0 aromatic heterocycles. The first-order valence-corrected chi connectivity index (χ1v) is 9.97. The maximum absolute atomic E-state index is 12.9. The van der Waals surface area contributed by atoms with Crippen molar-refractivity contribution in [2.75, 3.05) is 13.7 Å². The molecular weight excluding hydrogens is 391 g/mol. The van der Waals surface area contributed by atoms with E-state index < -0.39 is 11.7 Å². The number of allylic oxidation sites excluding steroid dienone is 1. The second kappa shape index (κ2) is 9.04. The quantitative estimate of drug-likeness (QED) is 0.331. The van der Waals surface area contributed by atoms with Crippen LogP contribution in [0.25, 0.3) is 5.57 Å². The van der Waals surface area contributed by atoms with Crippen LogP contribution in [0.3, 0.4) is 0 Å². The molecule has 3 rings (SSSR count). The van der Waals surface area contributed by atoms with Crippen molar-refractivity contribution in [2.45, 2.75) is 44.9 Å². The molecule has 0 aliphatic carbocycles. The average Bonchev–Trinajstić information content (AvgIpc) is 3.53. The third-order valence-corrected chi connectivity index (χ3v) is 5.61. The van der Waals surface area contributed by atoms with Crippen LogP contribution in [-0.2, 0) is 22.1 Å². The summed E-state index contributed by atoms with van der Waals surface area (Å²) in [5, 5.41) is 0. The molecule has 0 N–H and O–H groups in total. The highest BCUT2D eigenvalue weighted by molar-refractivity contribution is 5.90. The lowest BCUT2D eigenvalue weighted by atomic mass is 10.0. The van der Waals surface area contributed by atoms with E-state index in [9.17, 15) is 18.0 Å². The predicted octanol–water partition coefficient (Wildman–Crippen LogP) is 5.66. The third kappa shape index (κ3) is 5.51. The van der Waals surface area contributed by atoms with Crippen LogP contribution in [0, 0.1) is 0 Å². The molecule has 0 saturated carbocycles. The van der Waals surface area contributed by atoms with E-state index in [0.29, 0.717) is 0 Å². The molecule has 2 aromatic carbocycles. The topological polar surface area (TPSA) is 29.3 Å². The minimum Gasteiger partial charge on any atom is -0.466 e. The molecule has 1 aliphatic rings. The molecular formula is C24H26F3NO2. The molecule has 0 radical (unpaired) electrons. The normalized spacial score (nSPS) is 20.0. The second-order valence-electron chi connectivity index (χ2n) is 7.77. The molecule has 2 unspecified atom stereocenters. The van der Waals surface area contributed by atoms with E-state index in [-0.39, 0.29) is 18.1 Å². The number of ether oxygens (including phenoxy) is 1. The van der Waals surface area contributed by atoms with Crippen molar-refractivity contribution in [2.24, 2.45) is 0 Å². The molecule has 30 heavy (non-hydrogen) atoms. The van der Waals surface area contributed by atoms with Crippen LogP contribution in [0.2, 0.25) is 0 Å². The number of rotatable bonds is 7. The van der Waals surface area contributed by atoms with Gasteiger partial charge in [-0.15, -0.1) is 0 Å². The molecule has 2 aromatic rings. The molecule has 3 nitrogen and oxygen atoms in total. The van der Waals surface area contributed by atoms with Crippen molar-refractivity contribution in [3.05, 3.63) is 76.9 Å². The van der Waals surface area contributed by atoms with Gasteiger partial charge in [0, 0.05) is 24.7 Å². The predicted molar refractivity (Wildman–Crippen MR) is 111 cm³/mol. The molecule has 6 heteroatoms. The van der Waals surface area contributed by atoms with Crippen molar-refractivity contribution in [1.29, 1.82) is 0 Å². The minimum absolute atomic E-state index is 0.0655. The second-order valence-corrected chi connectivity index (χ2v) is 7.77. The van der Waals surface area contributed by atoms with Gasteiger partial charge in [0.2, 0.25) is 0 Å². The standard InChI is InChI=1S/C24H26F3NO2/c1-16(13-23(29)30-3)19-11-9-18(10-12-19)8-7-17(2)28-15-22(28)20-5-4-6-21(14-20)24(25,26)27/h4-6,9-14,17,22H,7-8,15H2,1-3H3/b16-13+/t17-,22?,28?/m0/s1. The first-order chi connectivity index (χ1) is 14.2. The van der Waals surface area contributed by atoms with Crippen molar-refractivity contribution < 1.29 is 22.7 Å². The van der Waals surface area contributed by atoms with E-state index in [1.165, 1.54) is 30.9 Å². The number of alkyl halides is 3. The number of esters is 1. The molecule has 3 atom stereocenters. The van der Waals surface area contributed by atoms with E-state index in [1.54, 1.807) is 6.07 Å². The van der Waals surface area contributed by atoms with Crippen LogP contribution in [0.4, 0.5) is 13.2 Å². The Morgan fingerprint density at radius 1 is 1.23 bits per heavy atom. The SMILES string of the molecule is COC(=O)/C=C(\C)c1ccc(CC[C@H](C)N2CC2c2cccc(C(F)(F)F)c2)cc1. The molecule has 1 fully saturated rings. The summed E-state index contributed by atoms with van der Waals surface area (Å²) in [4.78, 5) is 13.6. The first kappa shape index (κ1) is 22.1. The Kier molecular flexibility index (Phi) is 6.66. The van der Waals surface area contributed by atoms with E-state index in [4.69, 9.17) is 0 Å².